The number of hydrogen-bond acceptors (Lipinski definition) is 4. The molecule has 2 N–H and O–H groups in total. The zero-order chi connectivity index (χ0) is 17.1. The Hall–Kier alpha value is -2.34. The summed E-state index contributed by atoms with van der Waals surface area (Å²) in [5.41, 5.74) is 0.919. The molecule has 3 atom stereocenters. The maximum atomic E-state index is 12.3. The molecule has 0 bridgehead atoms. The minimum Gasteiger partial charge on any atom is -0.497 e. The number of amides is 1. The zero-order valence-corrected chi connectivity index (χ0v) is 14.0. The van der Waals surface area contributed by atoms with Crippen molar-refractivity contribution in [3.05, 3.63) is 48.0 Å². The molecular weight excluding hydrogens is 306 g/mol. The van der Waals surface area contributed by atoms with Crippen molar-refractivity contribution in [1.82, 2.24) is 14.9 Å². The molecule has 0 radical (unpaired) electrons. The van der Waals surface area contributed by atoms with E-state index in [-0.39, 0.29) is 18.0 Å². The Morgan fingerprint density at radius 3 is 2.75 bits per heavy atom. The number of aromatic nitrogens is 2. The maximum Gasteiger partial charge on any atom is 0.224 e. The number of rotatable bonds is 5. The molecule has 3 rings (SSSR count). The number of aryl methyl sites for hydroxylation is 1. The molecule has 1 fully saturated rings. The first-order valence-corrected chi connectivity index (χ1v) is 8.18. The number of carbonyl (C=O) groups excluding carboxylic acids is 1. The Labute approximate surface area is 141 Å². The molecule has 128 valence electrons. The Morgan fingerprint density at radius 1 is 1.38 bits per heavy atom. The molecular formula is C18H23N3O3. The van der Waals surface area contributed by atoms with Gasteiger partial charge in [0.05, 0.1) is 31.7 Å². The molecule has 0 saturated heterocycles. The third-order valence-electron chi connectivity index (χ3n) is 4.67. The molecule has 6 heteroatoms. The molecule has 1 aromatic carbocycles. The number of benzene rings is 1. The summed E-state index contributed by atoms with van der Waals surface area (Å²) in [7, 11) is 1.61. The maximum absolute atomic E-state index is 12.3. The average Bonchev–Trinajstić information content (AvgIpc) is 3.14. The van der Waals surface area contributed by atoms with Gasteiger partial charge in [-0.1, -0.05) is 12.1 Å². The van der Waals surface area contributed by atoms with Crippen LogP contribution in [0.15, 0.2) is 36.7 Å². The van der Waals surface area contributed by atoms with Crippen molar-refractivity contribution in [3.63, 3.8) is 0 Å². The summed E-state index contributed by atoms with van der Waals surface area (Å²) >= 11 is 0. The van der Waals surface area contributed by atoms with E-state index in [1.165, 1.54) is 0 Å². The first kappa shape index (κ1) is 16.5. The molecule has 1 aliphatic rings. The molecule has 24 heavy (non-hydrogen) atoms. The predicted octanol–water partition coefficient (Wildman–Crippen LogP) is 1.62. The second kappa shape index (κ2) is 7.05. The van der Waals surface area contributed by atoms with E-state index in [9.17, 15) is 9.90 Å². The highest BCUT2D eigenvalue weighted by molar-refractivity contribution is 5.79. The van der Waals surface area contributed by atoms with Crippen LogP contribution < -0.4 is 10.1 Å². The van der Waals surface area contributed by atoms with Crippen LogP contribution in [0.2, 0.25) is 0 Å². The van der Waals surface area contributed by atoms with E-state index in [4.69, 9.17) is 4.74 Å². The normalized spacial score (nSPS) is 23.2. The molecule has 1 amide bonds. The van der Waals surface area contributed by atoms with Crippen molar-refractivity contribution < 1.29 is 14.6 Å². The minimum absolute atomic E-state index is 0.0289. The molecule has 2 aromatic rings. The topological polar surface area (TPSA) is 76.4 Å². The van der Waals surface area contributed by atoms with Crippen LogP contribution in [0.5, 0.6) is 5.75 Å². The van der Waals surface area contributed by atoms with E-state index in [0.717, 1.165) is 30.0 Å². The highest BCUT2D eigenvalue weighted by atomic mass is 16.5. The molecule has 0 spiro atoms. The third-order valence-corrected chi connectivity index (χ3v) is 4.67. The van der Waals surface area contributed by atoms with Gasteiger partial charge < -0.3 is 19.7 Å². The second-order valence-electron chi connectivity index (χ2n) is 6.22. The molecule has 0 aliphatic heterocycles. The second-order valence-corrected chi connectivity index (χ2v) is 6.22. The highest BCUT2D eigenvalue weighted by Crippen LogP contribution is 2.31. The molecule has 0 unspecified atom stereocenters. The summed E-state index contributed by atoms with van der Waals surface area (Å²) in [5.74, 6) is 1.57. The lowest BCUT2D eigenvalue weighted by Crippen LogP contribution is -2.42. The molecule has 1 saturated carbocycles. The SMILES string of the molecule is COc1ccc(CC(=O)N[C@@H]2CC[C@@H](n3ccnc3C)[C@@H]2O)cc1. The van der Waals surface area contributed by atoms with E-state index in [1.807, 2.05) is 42.0 Å². The van der Waals surface area contributed by atoms with Gasteiger partial charge in [0, 0.05) is 12.4 Å². The number of aliphatic hydroxyl groups is 1. The zero-order valence-electron chi connectivity index (χ0n) is 14.0. The van der Waals surface area contributed by atoms with Gasteiger partial charge in [0.1, 0.15) is 11.6 Å². The minimum atomic E-state index is -0.599. The number of aliphatic hydroxyl groups excluding tert-OH is 1. The standard InChI is InChI=1S/C18H23N3O3/c1-12-19-9-10-21(12)16-8-7-15(18(16)23)20-17(22)11-13-3-5-14(24-2)6-4-13/h3-6,9-10,15-16,18,23H,7-8,11H2,1-2H3,(H,20,22)/t15-,16-,18-/m1/s1. The summed E-state index contributed by atoms with van der Waals surface area (Å²) in [6.07, 6.45) is 4.89. The van der Waals surface area contributed by atoms with Gasteiger partial charge in [-0.2, -0.15) is 0 Å². The Morgan fingerprint density at radius 2 is 2.12 bits per heavy atom. The average molecular weight is 329 g/mol. The number of nitrogens with zero attached hydrogens (tertiary/aromatic N) is 2. The van der Waals surface area contributed by atoms with Crippen LogP contribution in [0.4, 0.5) is 0 Å². The fraction of sp³-hybridized carbons (Fsp3) is 0.444. The Kier molecular flexibility index (Phi) is 4.85. The summed E-state index contributed by atoms with van der Waals surface area (Å²) in [5, 5.41) is 13.5. The van der Waals surface area contributed by atoms with Gasteiger partial charge in [-0.15, -0.1) is 0 Å². The van der Waals surface area contributed by atoms with Gasteiger partial charge in [-0.25, -0.2) is 4.98 Å². The van der Waals surface area contributed by atoms with Crippen LogP contribution in [0.1, 0.15) is 30.3 Å². The van der Waals surface area contributed by atoms with Crippen LogP contribution in [0, 0.1) is 6.92 Å². The van der Waals surface area contributed by atoms with Gasteiger partial charge in [-0.05, 0) is 37.5 Å². The Bertz CT molecular complexity index is 696. The predicted molar refractivity (Wildman–Crippen MR) is 89.9 cm³/mol. The van der Waals surface area contributed by atoms with Crippen molar-refractivity contribution >= 4 is 5.91 Å². The van der Waals surface area contributed by atoms with Gasteiger partial charge in [-0.3, -0.25) is 4.79 Å². The van der Waals surface area contributed by atoms with Crippen molar-refractivity contribution in [2.75, 3.05) is 7.11 Å². The lowest BCUT2D eigenvalue weighted by molar-refractivity contribution is -0.121. The van der Waals surface area contributed by atoms with Crippen LogP contribution in [-0.4, -0.2) is 39.8 Å². The number of carbonyl (C=O) groups is 1. The fourth-order valence-electron chi connectivity index (χ4n) is 3.35. The van der Waals surface area contributed by atoms with Crippen molar-refractivity contribution in [1.29, 1.82) is 0 Å². The van der Waals surface area contributed by atoms with E-state index in [2.05, 4.69) is 10.3 Å². The van der Waals surface area contributed by atoms with Crippen LogP contribution in [0.3, 0.4) is 0 Å². The quantitative estimate of drug-likeness (QED) is 0.874. The molecule has 6 nitrogen and oxygen atoms in total. The number of nitrogens with one attached hydrogen (secondary N) is 1. The number of hydrogen-bond donors (Lipinski definition) is 2. The summed E-state index contributed by atoms with van der Waals surface area (Å²) in [4.78, 5) is 16.5. The summed E-state index contributed by atoms with van der Waals surface area (Å²) in [6, 6.07) is 7.18. The first-order chi connectivity index (χ1) is 11.6. The third kappa shape index (κ3) is 3.43. The van der Waals surface area contributed by atoms with Crippen LogP contribution >= 0.6 is 0 Å². The molecule has 1 aromatic heterocycles. The lowest BCUT2D eigenvalue weighted by atomic mass is 10.1. The van der Waals surface area contributed by atoms with Crippen LogP contribution in [0.25, 0.3) is 0 Å². The molecule has 1 heterocycles. The first-order valence-electron chi connectivity index (χ1n) is 8.18. The Balaban J connectivity index is 1.57. The van der Waals surface area contributed by atoms with E-state index in [0.29, 0.717) is 6.42 Å². The van der Waals surface area contributed by atoms with Gasteiger partial charge in [0.2, 0.25) is 5.91 Å². The lowest BCUT2D eigenvalue weighted by Gasteiger charge is -2.22. The molecule has 1 aliphatic carbocycles. The van der Waals surface area contributed by atoms with Gasteiger partial charge in [0.25, 0.3) is 0 Å². The van der Waals surface area contributed by atoms with Gasteiger partial charge in [0.15, 0.2) is 0 Å². The smallest absolute Gasteiger partial charge is 0.224 e. The van der Waals surface area contributed by atoms with Crippen molar-refractivity contribution in [3.8, 4) is 5.75 Å². The van der Waals surface area contributed by atoms with Crippen molar-refractivity contribution in [2.24, 2.45) is 0 Å². The van der Waals surface area contributed by atoms with Crippen LogP contribution in [-0.2, 0) is 11.2 Å². The largest absolute Gasteiger partial charge is 0.497 e. The number of imidazole rings is 1. The monoisotopic (exact) mass is 329 g/mol. The highest BCUT2D eigenvalue weighted by Gasteiger charge is 2.37. The van der Waals surface area contributed by atoms with E-state index in [1.54, 1.807) is 13.3 Å². The summed E-state index contributed by atoms with van der Waals surface area (Å²) in [6.45, 7) is 1.92. The van der Waals surface area contributed by atoms with E-state index >= 15 is 0 Å². The van der Waals surface area contributed by atoms with Gasteiger partial charge >= 0.3 is 0 Å². The fourth-order valence-corrected chi connectivity index (χ4v) is 3.35. The summed E-state index contributed by atoms with van der Waals surface area (Å²) < 4.78 is 7.10. The van der Waals surface area contributed by atoms with Crippen molar-refractivity contribution in [2.45, 2.75) is 44.4 Å². The van der Waals surface area contributed by atoms with E-state index < -0.39 is 6.10 Å². The number of methoxy groups -OCH3 is 1. The number of ether oxygens (including phenoxy) is 1.